The molecular formula is C22H17N4O+. The molecule has 0 saturated carbocycles. The third-order valence-electron chi connectivity index (χ3n) is 4.64. The van der Waals surface area contributed by atoms with Crippen LogP contribution in [0.15, 0.2) is 85.3 Å². The minimum absolute atomic E-state index is 0.816. The molecule has 0 aliphatic carbocycles. The summed E-state index contributed by atoms with van der Waals surface area (Å²) < 4.78 is 9.15. The van der Waals surface area contributed by atoms with E-state index >= 15 is 0 Å². The van der Waals surface area contributed by atoms with Crippen molar-refractivity contribution in [3.05, 3.63) is 85.3 Å². The number of hydrogen-bond donors (Lipinski definition) is 0. The van der Waals surface area contributed by atoms with E-state index in [-0.39, 0.29) is 0 Å². The van der Waals surface area contributed by atoms with Crippen molar-refractivity contribution in [3.8, 4) is 17.3 Å². The average molecular weight is 353 g/mol. The predicted octanol–water partition coefficient (Wildman–Crippen LogP) is 3.86. The Bertz CT molecular complexity index is 1240. The van der Waals surface area contributed by atoms with Gasteiger partial charge in [0.15, 0.2) is 11.0 Å². The lowest BCUT2D eigenvalue weighted by Crippen LogP contribution is -2.30. The molecule has 0 fully saturated rings. The van der Waals surface area contributed by atoms with Crippen LogP contribution in [-0.4, -0.2) is 21.9 Å². The molecule has 5 heteroatoms. The number of rotatable bonds is 3. The van der Waals surface area contributed by atoms with Crippen molar-refractivity contribution in [3.63, 3.8) is 0 Å². The first-order valence-electron chi connectivity index (χ1n) is 8.73. The Hall–Kier alpha value is -3.73. The topological polar surface area (TPSA) is 43.8 Å². The van der Waals surface area contributed by atoms with Crippen LogP contribution in [0.4, 0.5) is 0 Å². The minimum Gasteiger partial charge on any atom is -0.497 e. The van der Waals surface area contributed by atoms with Gasteiger partial charge in [0.05, 0.1) is 25.2 Å². The van der Waals surface area contributed by atoms with Crippen molar-refractivity contribution in [1.82, 2.24) is 14.8 Å². The molecule has 27 heavy (non-hydrogen) atoms. The fourth-order valence-electron chi connectivity index (χ4n) is 3.29. The molecule has 0 aliphatic rings. The Morgan fingerprint density at radius 1 is 0.852 bits per heavy atom. The first-order valence-corrected chi connectivity index (χ1v) is 8.73. The van der Waals surface area contributed by atoms with Gasteiger partial charge in [-0.1, -0.05) is 18.2 Å². The van der Waals surface area contributed by atoms with Crippen molar-refractivity contribution in [2.75, 3.05) is 7.11 Å². The summed E-state index contributed by atoms with van der Waals surface area (Å²) in [5.41, 5.74) is 2.78. The molecular weight excluding hydrogens is 336 g/mol. The van der Waals surface area contributed by atoms with Crippen LogP contribution in [0.1, 0.15) is 0 Å². The summed E-state index contributed by atoms with van der Waals surface area (Å²) in [5, 5.41) is 7.02. The molecule has 5 rings (SSSR count). The van der Waals surface area contributed by atoms with E-state index in [0.717, 1.165) is 39.1 Å². The highest BCUT2D eigenvalue weighted by Crippen LogP contribution is 2.27. The molecule has 0 saturated heterocycles. The van der Waals surface area contributed by atoms with Gasteiger partial charge in [-0.05, 0) is 53.5 Å². The maximum atomic E-state index is 5.26. The van der Waals surface area contributed by atoms with Gasteiger partial charge in [-0.15, -0.1) is 0 Å². The zero-order chi connectivity index (χ0) is 18.2. The fraction of sp³-hybridized carbons (Fsp3) is 0.0455. The molecule has 0 atom stereocenters. The lowest BCUT2D eigenvalue weighted by molar-refractivity contribution is -0.598. The predicted molar refractivity (Wildman–Crippen MR) is 104 cm³/mol. The van der Waals surface area contributed by atoms with E-state index in [2.05, 4.69) is 12.3 Å². The zero-order valence-corrected chi connectivity index (χ0v) is 14.8. The van der Waals surface area contributed by atoms with Crippen LogP contribution in [-0.2, 0) is 0 Å². The summed E-state index contributed by atoms with van der Waals surface area (Å²) in [6, 6.07) is 22.0. The van der Waals surface area contributed by atoms with Gasteiger partial charge in [0.25, 0.3) is 0 Å². The second kappa shape index (κ2) is 6.21. The number of benzene rings is 2. The maximum absolute atomic E-state index is 5.26. The summed E-state index contributed by atoms with van der Waals surface area (Å²) in [5.74, 6) is 1.64. The number of pyridine rings is 2. The molecule has 0 unspecified atom stereocenters. The number of para-hydroxylation sites is 1. The van der Waals surface area contributed by atoms with E-state index < -0.39 is 0 Å². The smallest absolute Gasteiger partial charge is 0.356 e. The SMILES string of the molecule is COc1ccc(-n2cc3c(n2)c(-[n+]2ccccc2)nc2ccccc23)cc1. The summed E-state index contributed by atoms with van der Waals surface area (Å²) in [6.07, 6.45) is 6.04. The van der Waals surface area contributed by atoms with E-state index in [0.29, 0.717) is 0 Å². The summed E-state index contributed by atoms with van der Waals surface area (Å²) in [4.78, 5) is 4.88. The van der Waals surface area contributed by atoms with Gasteiger partial charge in [-0.3, -0.25) is 0 Å². The Morgan fingerprint density at radius 2 is 1.63 bits per heavy atom. The van der Waals surface area contributed by atoms with Crippen molar-refractivity contribution >= 4 is 21.8 Å². The minimum atomic E-state index is 0.816. The van der Waals surface area contributed by atoms with Crippen LogP contribution in [0.25, 0.3) is 33.3 Å². The Kier molecular flexibility index (Phi) is 3.57. The van der Waals surface area contributed by atoms with Gasteiger partial charge in [0.2, 0.25) is 0 Å². The highest BCUT2D eigenvalue weighted by molar-refractivity contribution is 6.06. The monoisotopic (exact) mass is 353 g/mol. The zero-order valence-electron chi connectivity index (χ0n) is 14.8. The molecule has 5 nitrogen and oxygen atoms in total. The van der Waals surface area contributed by atoms with Gasteiger partial charge in [0.1, 0.15) is 5.75 Å². The summed E-state index contributed by atoms with van der Waals surface area (Å²) >= 11 is 0. The fourth-order valence-corrected chi connectivity index (χ4v) is 3.29. The van der Waals surface area contributed by atoms with E-state index in [1.807, 2.05) is 82.3 Å². The number of hydrogen-bond acceptors (Lipinski definition) is 3. The van der Waals surface area contributed by atoms with Crippen LogP contribution in [0.3, 0.4) is 0 Å². The van der Waals surface area contributed by atoms with Crippen LogP contribution < -0.4 is 9.30 Å². The summed E-state index contributed by atoms with van der Waals surface area (Å²) in [6.45, 7) is 0. The molecule has 0 amide bonds. The second-order valence-corrected chi connectivity index (χ2v) is 6.27. The van der Waals surface area contributed by atoms with Gasteiger partial charge < -0.3 is 4.74 Å². The van der Waals surface area contributed by atoms with Crippen molar-refractivity contribution in [2.45, 2.75) is 0 Å². The molecule has 3 aromatic heterocycles. The van der Waals surface area contributed by atoms with Crippen molar-refractivity contribution in [1.29, 1.82) is 0 Å². The molecule has 5 aromatic rings. The third-order valence-corrected chi connectivity index (χ3v) is 4.64. The molecule has 0 radical (unpaired) electrons. The Labute approximate surface area is 156 Å². The van der Waals surface area contributed by atoms with Gasteiger partial charge >= 0.3 is 5.82 Å². The van der Waals surface area contributed by atoms with Gasteiger partial charge in [-0.2, -0.15) is 5.10 Å². The number of fused-ring (bicyclic) bond motifs is 3. The lowest BCUT2D eigenvalue weighted by Gasteiger charge is -2.02. The maximum Gasteiger partial charge on any atom is 0.356 e. The highest BCUT2D eigenvalue weighted by Gasteiger charge is 2.21. The van der Waals surface area contributed by atoms with Gasteiger partial charge in [0, 0.05) is 17.0 Å². The number of aromatic nitrogens is 4. The summed E-state index contributed by atoms with van der Waals surface area (Å²) in [7, 11) is 1.67. The van der Waals surface area contributed by atoms with E-state index in [1.165, 1.54) is 0 Å². The Morgan fingerprint density at radius 3 is 2.41 bits per heavy atom. The van der Waals surface area contributed by atoms with Crippen LogP contribution in [0.2, 0.25) is 0 Å². The molecule has 0 bridgehead atoms. The molecule has 0 spiro atoms. The van der Waals surface area contributed by atoms with Crippen LogP contribution >= 0.6 is 0 Å². The van der Waals surface area contributed by atoms with Crippen LogP contribution in [0, 0.1) is 0 Å². The third kappa shape index (κ3) is 2.60. The van der Waals surface area contributed by atoms with Crippen molar-refractivity contribution < 1.29 is 9.30 Å². The largest absolute Gasteiger partial charge is 0.497 e. The first kappa shape index (κ1) is 15.5. The molecule has 0 aliphatic heterocycles. The molecule has 0 N–H and O–H groups in total. The molecule has 3 heterocycles. The van der Waals surface area contributed by atoms with E-state index in [4.69, 9.17) is 14.8 Å². The van der Waals surface area contributed by atoms with E-state index in [1.54, 1.807) is 7.11 Å². The average Bonchev–Trinajstić information content (AvgIpc) is 3.19. The second-order valence-electron chi connectivity index (χ2n) is 6.27. The quantitative estimate of drug-likeness (QED) is 0.463. The van der Waals surface area contributed by atoms with Gasteiger partial charge in [-0.25, -0.2) is 9.25 Å². The number of methoxy groups -OCH3 is 1. The molecule has 2 aromatic carbocycles. The lowest BCUT2D eigenvalue weighted by atomic mass is 10.1. The Balaban J connectivity index is 1.80. The molecule has 130 valence electrons. The highest BCUT2D eigenvalue weighted by atomic mass is 16.5. The number of ether oxygens (including phenoxy) is 1. The standard InChI is InChI=1S/C22H17N4O/c1-27-17-11-9-16(10-12-17)26-15-19-18-7-3-4-8-20(18)23-22(21(19)24-26)25-13-5-2-6-14-25/h2-15H,1H3/q+1. The van der Waals surface area contributed by atoms with Crippen LogP contribution in [0.5, 0.6) is 5.75 Å². The first-order chi connectivity index (χ1) is 13.3. The van der Waals surface area contributed by atoms with Crippen molar-refractivity contribution in [2.24, 2.45) is 0 Å². The number of nitrogens with zero attached hydrogens (tertiary/aromatic N) is 4. The normalized spacial score (nSPS) is 11.1. The van der Waals surface area contributed by atoms with E-state index in [9.17, 15) is 0 Å².